The molecular weight excluding hydrogens is 310 g/mol. The van der Waals surface area contributed by atoms with Gasteiger partial charge in [0.1, 0.15) is 5.60 Å². The van der Waals surface area contributed by atoms with Crippen molar-refractivity contribution in [3.63, 3.8) is 0 Å². The highest BCUT2D eigenvalue weighted by molar-refractivity contribution is 5.89. The van der Waals surface area contributed by atoms with Crippen LogP contribution in [0.2, 0.25) is 0 Å². The van der Waals surface area contributed by atoms with Gasteiger partial charge in [-0.1, -0.05) is 35.5 Å². The van der Waals surface area contributed by atoms with Gasteiger partial charge < -0.3 is 19.8 Å². The van der Waals surface area contributed by atoms with Crippen LogP contribution in [0.15, 0.2) is 35.5 Å². The minimum Gasteiger partial charge on any atom is -0.392 e. The molecule has 0 aromatic heterocycles. The first-order chi connectivity index (χ1) is 11.6. The number of alkyl carbamates (subject to hydrolysis) is 1. The van der Waals surface area contributed by atoms with Gasteiger partial charge >= 0.3 is 6.09 Å². The monoisotopic (exact) mass is 331 g/mol. The first-order valence-electron chi connectivity index (χ1n) is 8.06. The van der Waals surface area contributed by atoms with E-state index in [1.54, 1.807) is 11.8 Å². The van der Waals surface area contributed by atoms with E-state index in [4.69, 9.17) is 9.57 Å². The van der Waals surface area contributed by atoms with Crippen LogP contribution in [0.5, 0.6) is 0 Å². The van der Waals surface area contributed by atoms with Gasteiger partial charge in [-0.2, -0.15) is 0 Å². The van der Waals surface area contributed by atoms with Crippen molar-refractivity contribution in [3.8, 4) is 0 Å². The third kappa shape index (κ3) is 3.84. The second-order valence-electron chi connectivity index (χ2n) is 6.17. The van der Waals surface area contributed by atoms with Gasteiger partial charge in [0, 0.05) is 39.4 Å². The first-order valence-corrected chi connectivity index (χ1v) is 8.06. The van der Waals surface area contributed by atoms with Gasteiger partial charge in [-0.25, -0.2) is 4.79 Å². The summed E-state index contributed by atoms with van der Waals surface area (Å²) in [5.74, 6) is 0.359. The number of piperidine rings is 1. The summed E-state index contributed by atoms with van der Waals surface area (Å²) in [6.07, 6.45) is 1.29. The van der Waals surface area contributed by atoms with Crippen LogP contribution in [-0.4, -0.2) is 41.5 Å². The molecule has 0 bridgehead atoms. The van der Waals surface area contributed by atoms with E-state index in [9.17, 15) is 9.59 Å². The van der Waals surface area contributed by atoms with E-state index in [0.717, 1.165) is 5.56 Å². The average Bonchev–Trinajstić information content (AvgIpc) is 2.96. The Kier molecular flexibility index (Phi) is 4.69. The molecule has 7 heteroatoms. The minimum atomic E-state index is -0.542. The summed E-state index contributed by atoms with van der Waals surface area (Å²) in [4.78, 5) is 30.6. The lowest BCUT2D eigenvalue weighted by atomic mass is 9.88. The summed E-state index contributed by atoms with van der Waals surface area (Å²) in [6.45, 7) is 3.23. The number of ether oxygens (including phenoxy) is 1. The second-order valence-corrected chi connectivity index (χ2v) is 6.17. The van der Waals surface area contributed by atoms with E-state index in [1.165, 1.54) is 0 Å². The predicted molar refractivity (Wildman–Crippen MR) is 87.1 cm³/mol. The lowest BCUT2D eigenvalue weighted by Gasteiger charge is -2.36. The van der Waals surface area contributed by atoms with Crippen molar-refractivity contribution in [2.24, 2.45) is 5.16 Å². The number of hydrogen-bond acceptors (Lipinski definition) is 5. The normalized spacial score (nSPS) is 18.7. The summed E-state index contributed by atoms with van der Waals surface area (Å²) >= 11 is 0. The van der Waals surface area contributed by atoms with Crippen LogP contribution in [0.4, 0.5) is 4.79 Å². The molecule has 0 atom stereocenters. The quantitative estimate of drug-likeness (QED) is 0.899. The first kappa shape index (κ1) is 16.3. The topological polar surface area (TPSA) is 80.2 Å². The highest BCUT2D eigenvalue weighted by atomic mass is 16.7. The number of carbonyl (C=O) groups is 2. The standard InChI is InChI=1S/C17H21N3O4/c1-13(21)20-9-7-17(8-10-20)11-15(19-24-17)23-16(22)18-12-14-5-3-2-4-6-14/h2-6H,7-12H2,1H3,(H,18,22). The van der Waals surface area contributed by atoms with Crippen molar-refractivity contribution in [2.75, 3.05) is 13.1 Å². The maximum atomic E-state index is 11.9. The largest absolute Gasteiger partial charge is 0.414 e. The average molecular weight is 331 g/mol. The van der Waals surface area contributed by atoms with E-state index in [2.05, 4.69) is 10.5 Å². The zero-order valence-corrected chi connectivity index (χ0v) is 13.7. The van der Waals surface area contributed by atoms with E-state index < -0.39 is 11.7 Å². The van der Waals surface area contributed by atoms with Crippen LogP contribution in [0.25, 0.3) is 0 Å². The molecule has 1 aromatic rings. The molecule has 3 rings (SSSR count). The van der Waals surface area contributed by atoms with Crippen LogP contribution in [-0.2, 0) is 20.9 Å². The van der Waals surface area contributed by atoms with Crippen molar-refractivity contribution in [3.05, 3.63) is 35.9 Å². The number of carbonyl (C=O) groups excluding carboxylic acids is 2. The Hall–Kier alpha value is -2.57. The number of rotatable bonds is 2. The Balaban J connectivity index is 1.44. The predicted octanol–water partition coefficient (Wildman–Crippen LogP) is 2.03. The molecule has 2 aliphatic rings. The lowest BCUT2D eigenvalue weighted by Crippen LogP contribution is -2.46. The van der Waals surface area contributed by atoms with Crippen LogP contribution in [0, 0.1) is 0 Å². The van der Waals surface area contributed by atoms with Crippen molar-refractivity contribution < 1.29 is 19.2 Å². The van der Waals surface area contributed by atoms with E-state index >= 15 is 0 Å². The molecule has 0 unspecified atom stereocenters. The summed E-state index contributed by atoms with van der Waals surface area (Å²) in [5, 5.41) is 6.60. The van der Waals surface area contributed by atoms with Gasteiger partial charge in [-0.15, -0.1) is 0 Å². The van der Waals surface area contributed by atoms with Crippen molar-refractivity contribution in [2.45, 2.75) is 38.3 Å². The number of likely N-dealkylation sites (tertiary alicyclic amines) is 1. The van der Waals surface area contributed by atoms with Crippen LogP contribution < -0.4 is 5.32 Å². The fourth-order valence-electron chi connectivity index (χ4n) is 2.95. The summed E-state index contributed by atoms with van der Waals surface area (Å²) < 4.78 is 5.23. The Morgan fingerprint density at radius 2 is 2.00 bits per heavy atom. The van der Waals surface area contributed by atoms with Crippen LogP contribution in [0.1, 0.15) is 31.7 Å². The molecule has 2 aliphatic heterocycles. The molecule has 1 fully saturated rings. The van der Waals surface area contributed by atoms with Gasteiger partial charge in [0.25, 0.3) is 0 Å². The Bertz CT molecular complexity index is 636. The maximum absolute atomic E-state index is 11.9. The van der Waals surface area contributed by atoms with Crippen molar-refractivity contribution >= 4 is 17.9 Å². The molecule has 0 radical (unpaired) electrons. The van der Waals surface area contributed by atoms with Gasteiger partial charge in [0.2, 0.25) is 11.8 Å². The molecule has 2 amide bonds. The maximum Gasteiger partial charge on any atom is 0.414 e. The molecule has 7 nitrogen and oxygen atoms in total. The molecule has 1 spiro atoms. The number of nitrogens with one attached hydrogen (secondary N) is 1. The third-order valence-electron chi connectivity index (χ3n) is 4.42. The Morgan fingerprint density at radius 1 is 1.29 bits per heavy atom. The number of benzene rings is 1. The fraction of sp³-hybridized carbons (Fsp3) is 0.471. The molecule has 1 saturated heterocycles. The zero-order chi connectivity index (χ0) is 17.0. The van der Waals surface area contributed by atoms with Crippen LogP contribution in [0.3, 0.4) is 0 Å². The summed E-state index contributed by atoms with van der Waals surface area (Å²) in [6, 6.07) is 9.59. The highest BCUT2D eigenvalue weighted by Crippen LogP contribution is 2.34. The van der Waals surface area contributed by atoms with E-state index in [1.807, 2.05) is 30.3 Å². The molecule has 128 valence electrons. The Labute approximate surface area is 140 Å². The zero-order valence-electron chi connectivity index (χ0n) is 13.7. The van der Waals surface area contributed by atoms with Gasteiger partial charge in [-0.05, 0) is 5.56 Å². The molecule has 0 aliphatic carbocycles. The number of hydrogen-bond donors (Lipinski definition) is 1. The number of nitrogens with zero attached hydrogens (tertiary/aromatic N) is 2. The van der Waals surface area contributed by atoms with E-state index in [-0.39, 0.29) is 11.8 Å². The molecule has 1 N–H and O–H groups in total. The minimum absolute atomic E-state index is 0.0699. The summed E-state index contributed by atoms with van der Waals surface area (Å²) in [5.41, 5.74) is 0.549. The summed E-state index contributed by atoms with van der Waals surface area (Å²) in [7, 11) is 0. The Morgan fingerprint density at radius 3 is 2.67 bits per heavy atom. The molecule has 24 heavy (non-hydrogen) atoms. The SMILES string of the molecule is CC(=O)N1CCC2(CC1)CC(OC(=O)NCc1ccccc1)=NO2. The smallest absolute Gasteiger partial charge is 0.392 e. The molecule has 2 heterocycles. The molecular formula is C17H21N3O4. The van der Waals surface area contributed by atoms with Crippen LogP contribution >= 0.6 is 0 Å². The van der Waals surface area contributed by atoms with Crippen molar-refractivity contribution in [1.82, 2.24) is 10.2 Å². The van der Waals surface area contributed by atoms with Gasteiger partial charge in [-0.3, -0.25) is 4.79 Å². The lowest BCUT2D eigenvalue weighted by molar-refractivity contribution is -0.134. The highest BCUT2D eigenvalue weighted by Gasteiger charge is 2.43. The second kappa shape index (κ2) is 6.90. The van der Waals surface area contributed by atoms with Gasteiger partial charge in [0.05, 0.1) is 6.42 Å². The molecule has 0 saturated carbocycles. The van der Waals surface area contributed by atoms with Crippen molar-refractivity contribution in [1.29, 1.82) is 0 Å². The molecule has 1 aromatic carbocycles. The van der Waals surface area contributed by atoms with Gasteiger partial charge in [0.15, 0.2) is 0 Å². The third-order valence-corrected chi connectivity index (χ3v) is 4.42. The number of amides is 2. The van der Waals surface area contributed by atoms with E-state index in [0.29, 0.717) is 38.9 Å². The number of oxime groups is 1. The fourth-order valence-corrected chi connectivity index (χ4v) is 2.95.